The molecular formula is C22H15FN2O. The van der Waals surface area contributed by atoms with E-state index >= 15 is 0 Å². The summed E-state index contributed by atoms with van der Waals surface area (Å²) in [5.74, 6) is -0.286. The van der Waals surface area contributed by atoms with Crippen molar-refractivity contribution in [3.05, 3.63) is 89.9 Å². The van der Waals surface area contributed by atoms with Gasteiger partial charge in [0.05, 0.1) is 17.3 Å². The quantitative estimate of drug-likeness (QED) is 0.472. The molecule has 3 nitrogen and oxygen atoms in total. The Morgan fingerprint density at radius 2 is 1.62 bits per heavy atom. The van der Waals surface area contributed by atoms with Crippen molar-refractivity contribution >= 4 is 32.8 Å². The van der Waals surface area contributed by atoms with Crippen molar-refractivity contribution in [3.8, 4) is 0 Å². The highest BCUT2D eigenvalue weighted by Crippen LogP contribution is 2.32. The number of halogens is 1. The molecule has 0 saturated carbocycles. The second-order valence-corrected chi connectivity index (χ2v) is 6.40. The van der Waals surface area contributed by atoms with Crippen LogP contribution in [0.25, 0.3) is 32.8 Å². The molecule has 0 aliphatic rings. The number of rotatable bonds is 2. The van der Waals surface area contributed by atoms with Gasteiger partial charge in [-0.25, -0.2) is 4.39 Å². The summed E-state index contributed by atoms with van der Waals surface area (Å²) in [6, 6.07) is 21.9. The highest BCUT2D eigenvalue weighted by Gasteiger charge is 2.14. The maximum atomic E-state index is 13.6. The summed E-state index contributed by atoms with van der Waals surface area (Å²) in [6.07, 6.45) is 0. The van der Waals surface area contributed by atoms with Crippen molar-refractivity contribution in [2.75, 3.05) is 0 Å². The highest BCUT2D eigenvalue weighted by molar-refractivity contribution is 6.05. The van der Waals surface area contributed by atoms with Crippen LogP contribution < -0.4 is 5.73 Å². The van der Waals surface area contributed by atoms with Gasteiger partial charge < -0.3 is 10.2 Å². The van der Waals surface area contributed by atoms with Crippen LogP contribution in [0.4, 0.5) is 4.39 Å². The molecule has 3 aromatic carbocycles. The van der Waals surface area contributed by atoms with Crippen molar-refractivity contribution in [1.29, 1.82) is 0 Å². The molecule has 26 heavy (non-hydrogen) atoms. The molecule has 1 unspecified atom stereocenters. The predicted molar refractivity (Wildman–Crippen MR) is 101 cm³/mol. The predicted octanol–water partition coefficient (Wildman–Crippen LogP) is 5.32. The Hall–Kier alpha value is -3.24. The van der Waals surface area contributed by atoms with Crippen molar-refractivity contribution in [1.82, 2.24) is 4.98 Å². The number of nitrogens with two attached hydrogens (primary N) is 1. The van der Waals surface area contributed by atoms with Crippen molar-refractivity contribution in [2.24, 2.45) is 5.73 Å². The van der Waals surface area contributed by atoms with Crippen LogP contribution in [0, 0.1) is 5.82 Å². The van der Waals surface area contributed by atoms with Crippen molar-refractivity contribution in [3.63, 3.8) is 0 Å². The summed E-state index contributed by atoms with van der Waals surface area (Å²) in [4.78, 5) is 4.69. The van der Waals surface area contributed by atoms with E-state index in [4.69, 9.17) is 10.2 Å². The Bertz CT molecular complexity index is 1280. The lowest BCUT2D eigenvalue weighted by Crippen LogP contribution is -2.13. The van der Waals surface area contributed by atoms with Crippen LogP contribution in [0.15, 0.2) is 77.2 Å². The third kappa shape index (κ3) is 2.35. The molecule has 2 heterocycles. The second-order valence-electron chi connectivity index (χ2n) is 6.40. The third-order valence-corrected chi connectivity index (χ3v) is 4.75. The Morgan fingerprint density at radius 1 is 0.846 bits per heavy atom. The molecule has 0 fully saturated rings. The lowest BCUT2D eigenvalue weighted by Gasteiger charge is -2.12. The topological polar surface area (TPSA) is 52.0 Å². The maximum Gasteiger partial charge on any atom is 0.135 e. The van der Waals surface area contributed by atoms with Crippen molar-refractivity contribution in [2.45, 2.75) is 6.04 Å². The molecule has 1 atom stereocenters. The van der Waals surface area contributed by atoms with E-state index in [1.165, 1.54) is 12.1 Å². The third-order valence-electron chi connectivity index (χ3n) is 4.75. The van der Waals surface area contributed by atoms with Crippen LogP contribution in [0.3, 0.4) is 0 Å². The number of para-hydroxylation sites is 1. The van der Waals surface area contributed by atoms with E-state index in [1.807, 2.05) is 54.6 Å². The van der Waals surface area contributed by atoms with Gasteiger partial charge in [0.2, 0.25) is 0 Å². The summed E-state index contributed by atoms with van der Waals surface area (Å²) in [7, 11) is 0. The molecule has 126 valence electrons. The highest BCUT2D eigenvalue weighted by atomic mass is 19.1. The van der Waals surface area contributed by atoms with E-state index in [0.29, 0.717) is 11.2 Å². The first-order valence-electron chi connectivity index (χ1n) is 8.42. The van der Waals surface area contributed by atoms with E-state index in [9.17, 15) is 4.39 Å². The van der Waals surface area contributed by atoms with E-state index in [2.05, 4.69) is 4.98 Å². The van der Waals surface area contributed by atoms with Gasteiger partial charge in [-0.15, -0.1) is 0 Å². The van der Waals surface area contributed by atoms with Gasteiger partial charge in [0.15, 0.2) is 0 Å². The fourth-order valence-corrected chi connectivity index (χ4v) is 3.39. The van der Waals surface area contributed by atoms with E-state index in [1.54, 1.807) is 6.07 Å². The first-order valence-corrected chi connectivity index (χ1v) is 8.42. The average molecular weight is 342 g/mol. The van der Waals surface area contributed by atoms with Gasteiger partial charge in [-0.05, 0) is 48.0 Å². The minimum absolute atomic E-state index is 0.286. The van der Waals surface area contributed by atoms with Crippen LogP contribution in [0.1, 0.15) is 17.3 Å². The van der Waals surface area contributed by atoms with Crippen LogP contribution >= 0.6 is 0 Å². The molecule has 2 N–H and O–H groups in total. The molecule has 5 aromatic rings. The van der Waals surface area contributed by atoms with Crippen LogP contribution in [0.2, 0.25) is 0 Å². The molecule has 5 rings (SSSR count). The Labute approximate surface area is 148 Å². The molecule has 0 aliphatic carbocycles. The second kappa shape index (κ2) is 5.64. The van der Waals surface area contributed by atoms with Gasteiger partial charge in [0, 0.05) is 16.2 Å². The maximum absolute atomic E-state index is 13.6. The Balaban J connectivity index is 1.64. The first kappa shape index (κ1) is 15.0. The molecule has 0 spiro atoms. The Kier molecular flexibility index (Phi) is 3.27. The minimum atomic E-state index is -0.373. The average Bonchev–Trinajstić information content (AvgIpc) is 3.04. The molecular weight excluding hydrogens is 327 g/mol. The fraction of sp³-hybridized carbons (Fsp3) is 0.0455. The molecule has 0 bridgehead atoms. The van der Waals surface area contributed by atoms with E-state index < -0.39 is 0 Å². The Morgan fingerprint density at radius 3 is 2.50 bits per heavy atom. The molecule has 0 aliphatic heterocycles. The number of pyridine rings is 1. The fourth-order valence-electron chi connectivity index (χ4n) is 3.39. The lowest BCUT2D eigenvalue weighted by atomic mass is 10.0. The minimum Gasteiger partial charge on any atom is -0.456 e. The van der Waals surface area contributed by atoms with Crippen LogP contribution in [-0.4, -0.2) is 4.98 Å². The zero-order valence-electron chi connectivity index (χ0n) is 13.8. The van der Waals surface area contributed by atoms with Gasteiger partial charge in [-0.3, -0.25) is 4.98 Å². The van der Waals surface area contributed by atoms with Gasteiger partial charge in [0.25, 0.3) is 0 Å². The summed E-state index contributed by atoms with van der Waals surface area (Å²) in [5.41, 5.74) is 10.5. The normalized spacial score (nSPS) is 12.8. The number of nitrogens with zero attached hydrogens (tertiary/aromatic N) is 1. The lowest BCUT2D eigenvalue weighted by molar-refractivity contribution is 0.626. The standard InChI is InChI=1S/C22H15FN2O/c23-15-7-10-21-17(12-15)16-11-14(6-9-20(16)26-21)22(24)19-8-5-13-3-1-2-4-18(13)25-19/h1-12,22H,24H2. The molecule has 2 aromatic heterocycles. The number of hydrogen-bond donors (Lipinski definition) is 1. The number of fused-ring (bicyclic) bond motifs is 4. The number of furan rings is 1. The SMILES string of the molecule is NC(c1ccc2oc3ccc(F)cc3c2c1)c1ccc2ccccc2n1. The van der Waals surface area contributed by atoms with Crippen molar-refractivity contribution < 1.29 is 8.81 Å². The zero-order valence-corrected chi connectivity index (χ0v) is 13.8. The van der Waals surface area contributed by atoms with Crippen LogP contribution in [-0.2, 0) is 0 Å². The van der Waals surface area contributed by atoms with E-state index in [0.717, 1.165) is 32.9 Å². The van der Waals surface area contributed by atoms with Gasteiger partial charge in [0.1, 0.15) is 17.0 Å². The summed E-state index contributed by atoms with van der Waals surface area (Å²) < 4.78 is 19.4. The van der Waals surface area contributed by atoms with E-state index in [-0.39, 0.29) is 11.9 Å². The monoisotopic (exact) mass is 342 g/mol. The van der Waals surface area contributed by atoms with Crippen LogP contribution in [0.5, 0.6) is 0 Å². The zero-order chi connectivity index (χ0) is 17.7. The summed E-state index contributed by atoms with van der Waals surface area (Å²) in [5, 5.41) is 2.68. The van der Waals surface area contributed by atoms with Gasteiger partial charge in [-0.2, -0.15) is 0 Å². The first-order chi connectivity index (χ1) is 12.7. The molecule has 0 amide bonds. The smallest absolute Gasteiger partial charge is 0.135 e. The molecule has 0 saturated heterocycles. The largest absolute Gasteiger partial charge is 0.456 e. The number of aromatic nitrogens is 1. The van der Waals surface area contributed by atoms with Gasteiger partial charge in [-0.1, -0.05) is 30.3 Å². The summed E-state index contributed by atoms with van der Waals surface area (Å²) in [6.45, 7) is 0. The molecule has 0 radical (unpaired) electrons. The molecule has 4 heteroatoms. The number of benzene rings is 3. The van der Waals surface area contributed by atoms with Gasteiger partial charge >= 0.3 is 0 Å². The summed E-state index contributed by atoms with van der Waals surface area (Å²) >= 11 is 0. The number of hydrogen-bond acceptors (Lipinski definition) is 3.